The molecule has 0 bridgehead atoms. The maximum atomic E-state index is 13.0. The predicted molar refractivity (Wildman–Crippen MR) is 252 cm³/mol. The Bertz CT molecular complexity index is 2310. The van der Waals surface area contributed by atoms with Gasteiger partial charge in [0.1, 0.15) is 42.0 Å². The van der Waals surface area contributed by atoms with Crippen molar-refractivity contribution in [1.82, 2.24) is 9.80 Å². The Hall–Kier alpha value is -4.53. The first-order valence-corrected chi connectivity index (χ1v) is 24.3. The molecule has 3 aromatic rings. The maximum absolute atomic E-state index is 13.0. The van der Waals surface area contributed by atoms with E-state index >= 15 is 0 Å². The molecule has 64 heavy (non-hydrogen) atoms. The van der Waals surface area contributed by atoms with Gasteiger partial charge in [-0.05, 0) is 197 Å². The first kappa shape index (κ1) is 44.7. The lowest BCUT2D eigenvalue weighted by atomic mass is 9.51. The molecule has 9 atom stereocenters. The van der Waals surface area contributed by atoms with Crippen molar-refractivity contribution in [3.05, 3.63) is 112 Å². The largest absolute Gasteiger partial charge is 0.508 e. The quantitative estimate of drug-likeness (QED) is 0.215. The average Bonchev–Trinajstić information content (AvgIpc) is 3.75. The van der Waals surface area contributed by atoms with Gasteiger partial charge in [-0.15, -0.1) is 0 Å². The van der Waals surface area contributed by atoms with Crippen LogP contribution in [-0.2, 0) is 20.8 Å². The number of aromatic hydroxyl groups is 1. The summed E-state index contributed by atoms with van der Waals surface area (Å²) in [5.41, 5.74) is 9.11. The predicted octanol–water partition coefficient (Wildman–Crippen LogP) is 10.2. The highest BCUT2D eigenvalue weighted by atomic mass is 16.5. The summed E-state index contributed by atoms with van der Waals surface area (Å²) in [7, 11) is 8.19. The van der Waals surface area contributed by atoms with Crippen molar-refractivity contribution in [2.45, 2.75) is 109 Å². The van der Waals surface area contributed by atoms with Crippen molar-refractivity contribution < 1.29 is 29.0 Å². The van der Waals surface area contributed by atoms with Crippen LogP contribution in [0.2, 0.25) is 0 Å². The summed E-state index contributed by atoms with van der Waals surface area (Å²) in [6, 6.07) is 23.1. The lowest BCUT2D eigenvalue weighted by Gasteiger charge is -2.52. The van der Waals surface area contributed by atoms with Crippen molar-refractivity contribution in [1.29, 1.82) is 0 Å². The SMILES string of the molecule is CN(C)CCOc1ccc([C@@H]2C[C@]3(C)C(=O)CCC3C3CCC4=CC(=O)CCC4=C32)cc1.CN(C)CCOc1ccc([C@H]2C[C@]3(C)C(=O)CCC3C3CCc4cc(O)ccc4C32)cc1. The van der Waals surface area contributed by atoms with Crippen molar-refractivity contribution in [3.8, 4) is 17.2 Å². The summed E-state index contributed by atoms with van der Waals surface area (Å²) < 4.78 is 11.8. The van der Waals surface area contributed by atoms with Crippen LogP contribution in [0, 0.1) is 34.5 Å². The van der Waals surface area contributed by atoms with Gasteiger partial charge in [-0.25, -0.2) is 0 Å². The van der Waals surface area contributed by atoms with E-state index in [1.54, 1.807) is 5.57 Å². The normalized spacial score (nSPS) is 31.5. The van der Waals surface area contributed by atoms with Crippen LogP contribution in [0.25, 0.3) is 0 Å². The van der Waals surface area contributed by atoms with Crippen LogP contribution >= 0.6 is 0 Å². The van der Waals surface area contributed by atoms with Gasteiger partial charge in [-0.1, -0.05) is 49.8 Å². The molecule has 0 saturated heterocycles. The minimum atomic E-state index is -0.216. The number of phenols is 1. The minimum absolute atomic E-state index is 0.207. The number of likely N-dealkylation sites (N-methyl/N-ethyl adjacent to an activating group) is 2. The third-order valence-electron chi connectivity index (χ3n) is 17.1. The molecule has 0 amide bonds. The van der Waals surface area contributed by atoms with Crippen molar-refractivity contribution in [2.24, 2.45) is 34.5 Å². The molecular weight excluding hydrogens is 797 g/mol. The molecule has 5 unspecified atom stereocenters. The van der Waals surface area contributed by atoms with Gasteiger partial charge in [0.2, 0.25) is 0 Å². The Kier molecular flexibility index (Phi) is 12.6. The lowest BCUT2D eigenvalue weighted by Crippen LogP contribution is -2.45. The number of carbonyl (C=O) groups is 3. The van der Waals surface area contributed by atoms with E-state index in [-0.39, 0.29) is 22.5 Å². The highest BCUT2D eigenvalue weighted by molar-refractivity contribution is 5.93. The smallest absolute Gasteiger partial charge is 0.156 e. The first-order chi connectivity index (χ1) is 30.7. The number of hydrogen-bond donors (Lipinski definition) is 1. The fraction of sp³-hybridized carbons (Fsp3) is 0.554. The molecule has 0 spiro atoms. The molecule has 8 heteroatoms. The summed E-state index contributed by atoms with van der Waals surface area (Å²) in [6.45, 7) is 7.59. The van der Waals surface area contributed by atoms with E-state index in [1.165, 1.54) is 33.4 Å². The van der Waals surface area contributed by atoms with Crippen molar-refractivity contribution in [2.75, 3.05) is 54.5 Å². The molecule has 7 aliphatic carbocycles. The van der Waals surface area contributed by atoms with Crippen LogP contribution in [0.4, 0.5) is 0 Å². The number of rotatable bonds is 10. The van der Waals surface area contributed by atoms with Gasteiger partial charge in [0.25, 0.3) is 0 Å². The van der Waals surface area contributed by atoms with Crippen molar-refractivity contribution >= 4 is 17.3 Å². The molecule has 10 rings (SSSR count). The number of ketones is 3. The lowest BCUT2D eigenvalue weighted by molar-refractivity contribution is -0.130. The van der Waals surface area contributed by atoms with E-state index in [0.29, 0.717) is 72.5 Å². The van der Waals surface area contributed by atoms with Gasteiger partial charge in [0, 0.05) is 49.1 Å². The van der Waals surface area contributed by atoms with Gasteiger partial charge in [-0.3, -0.25) is 14.4 Å². The molecule has 1 N–H and O–H groups in total. The number of carbonyl (C=O) groups excluding carboxylic acids is 3. The van der Waals surface area contributed by atoms with Crippen LogP contribution in [0.5, 0.6) is 17.2 Å². The Morgan fingerprint density at radius 3 is 1.89 bits per heavy atom. The van der Waals surface area contributed by atoms with E-state index in [0.717, 1.165) is 95.2 Å². The zero-order valence-corrected chi connectivity index (χ0v) is 39.2. The topological polar surface area (TPSA) is 96.4 Å². The molecular formula is C56H70N2O6. The fourth-order valence-corrected chi connectivity index (χ4v) is 13.8. The number of phenolic OH excluding ortho intramolecular Hbond substituents is 1. The number of ether oxygens (including phenoxy) is 2. The van der Waals surface area contributed by atoms with Gasteiger partial charge in [-0.2, -0.15) is 0 Å². The Labute approximate surface area is 381 Å². The summed E-state index contributed by atoms with van der Waals surface area (Å²) >= 11 is 0. The Morgan fingerprint density at radius 2 is 1.25 bits per heavy atom. The minimum Gasteiger partial charge on any atom is -0.508 e. The molecule has 8 nitrogen and oxygen atoms in total. The van der Waals surface area contributed by atoms with Crippen LogP contribution in [0.3, 0.4) is 0 Å². The standard InChI is InChI=1S/2C28H35NO3/c2*1-28-17-24(18-4-8-21(9-5-18)32-15-14-29(2)3)27-22-11-7-20(30)16-19(22)6-10-23(27)25(28)12-13-26(28)31/h4-5,8-9,16,23-25H,6-7,10-15,17H2,1-3H3;4-5,7-9,11,16,23-25,27,30H,6,10,12-15,17H2,1-3H3/t23?,24-,25?,28-;23?,24-,25?,27?,28+/m01/s1. The third-order valence-corrected chi connectivity index (χ3v) is 17.1. The second-order valence-electron chi connectivity index (χ2n) is 21.3. The van der Waals surface area contributed by atoms with E-state index in [9.17, 15) is 19.5 Å². The number of aryl methyl sites for hydroxylation is 1. The van der Waals surface area contributed by atoms with Gasteiger partial charge in [0.05, 0.1) is 0 Å². The summed E-state index contributed by atoms with van der Waals surface area (Å²) in [5, 5.41) is 10.1. The van der Waals surface area contributed by atoms with Crippen molar-refractivity contribution in [3.63, 3.8) is 0 Å². The zero-order valence-electron chi connectivity index (χ0n) is 39.2. The number of fused-ring (bicyclic) bond motifs is 9. The van der Waals surface area contributed by atoms with Crippen LogP contribution in [-0.4, -0.2) is 86.8 Å². The Balaban J connectivity index is 0.000000162. The van der Waals surface area contributed by atoms with Crippen LogP contribution in [0.15, 0.2) is 89.5 Å². The van der Waals surface area contributed by atoms with Gasteiger partial charge >= 0.3 is 0 Å². The van der Waals surface area contributed by atoms with E-state index in [2.05, 4.69) is 78.2 Å². The second-order valence-corrected chi connectivity index (χ2v) is 21.3. The van der Waals surface area contributed by atoms with Gasteiger partial charge < -0.3 is 24.4 Å². The summed E-state index contributed by atoms with van der Waals surface area (Å²) in [5.74, 6) is 6.26. The Morgan fingerprint density at radius 1 is 0.641 bits per heavy atom. The highest BCUT2D eigenvalue weighted by Crippen LogP contribution is 2.65. The molecule has 340 valence electrons. The summed E-state index contributed by atoms with van der Waals surface area (Å²) in [6.07, 6.45) is 12.9. The third kappa shape index (κ3) is 8.43. The molecule has 0 aromatic heterocycles. The van der Waals surface area contributed by atoms with Crippen LogP contribution < -0.4 is 9.47 Å². The second kappa shape index (κ2) is 18.0. The average molecular weight is 867 g/mol. The molecule has 0 radical (unpaired) electrons. The molecule has 0 aliphatic heterocycles. The highest BCUT2D eigenvalue weighted by Gasteiger charge is 2.59. The number of nitrogens with zero attached hydrogens (tertiary/aromatic N) is 2. The number of hydrogen-bond acceptors (Lipinski definition) is 8. The summed E-state index contributed by atoms with van der Waals surface area (Å²) in [4.78, 5) is 42.4. The molecule has 3 aromatic carbocycles. The first-order valence-electron chi connectivity index (χ1n) is 24.3. The number of Topliss-reactive ketones (excluding diaryl/α,β-unsaturated/α-hetero) is 2. The fourth-order valence-electron chi connectivity index (χ4n) is 13.8. The molecule has 0 heterocycles. The van der Waals surface area contributed by atoms with Gasteiger partial charge in [0.15, 0.2) is 5.78 Å². The van der Waals surface area contributed by atoms with E-state index < -0.39 is 0 Å². The molecule has 4 fully saturated rings. The zero-order chi connectivity index (χ0) is 44.9. The number of benzene rings is 3. The van der Waals surface area contributed by atoms with E-state index in [4.69, 9.17) is 9.47 Å². The molecule has 4 saturated carbocycles. The van der Waals surface area contributed by atoms with Crippen LogP contribution in [0.1, 0.15) is 124 Å². The van der Waals surface area contributed by atoms with E-state index in [1.807, 2.05) is 46.4 Å². The molecule has 7 aliphatic rings. The monoisotopic (exact) mass is 867 g/mol. The maximum Gasteiger partial charge on any atom is 0.156 e. The number of allylic oxidation sites excluding steroid dienone is 4.